The predicted octanol–water partition coefficient (Wildman–Crippen LogP) is 3.49. The van der Waals surface area contributed by atoms with Crippen molar-refractivity contribution in [2.45, 2.75) is 39.2 Å². The summed E-state index contributed by atoms with van der Waals surface area (Å²) in [4.78, 5) is 5.95. The molecule has 0 spiro atoms. The highest BCUT2D eigenvalue weighted by Gasteiger charge is 2.22. The first-order valence-electron chi connectivity index (χ1n) is 6.32. The molecule has 2 nitrogen and oxygen atoms in total. The molecule has 1 heterocycles. The lowest BCUT2D eigenvalue weighted by molar-refractivity contribution is 0.559. The standard InChI is InChI=1S/C15H20N2S/c1-4-12-14(15(2,3)16)18-13(17-12)10-11-8-6-5-7-9-11/h5-9H,4,10,16H2,1-3H3. The van der Waals surface area contributed by atoms with Gasteiger partial charge in [-0.3, -0.25) is 0 Å². The Balaban J connectivity index is 2.28. The van der Waals surface area contributed by atoms with Crippen molar-refractivity contribution >= 4 is 11.3 Å². The lowest BCUT2D eigenvalue weighted by Crippen LogP contribution is -2.28. The maximum atomic E-state index is 6.21. The minimum atomic E-state index is -0.294. The van der Waals surface area contributed by atoms with Crippen molar-refractivity contribution in [1.29, 1.82) is 0 Å². The van der Waals surface area contributed by atoms with E-state index in [2.05, 4.69) is 31.2 Å². The van der Waals surface area contributed by atoms with Gasteiger partial charge in [-0.15, -0.1) is 11.3 Å². The Hall–Kier alpha value is -1.19. The van der Waals surface area contributed by atoms with Crippen LogP contribution in [-0.4, -0.2) is 4.98 Å². The van der Waals surface area contributed by atoms with Crippen LogP contribution < -0.4 is 5.73 Å². The number of benzene rings is 1. The quantitative estimate of drug-likeness (QED) is 0.914. The largest absolute Gasteiger partial charge is 0.321 e. The molecule has 0 fully saturated rings. The molecule has 18 heavy (non-hydrogen) atoms. The summed E-state index contributed by atoms with van der Waals surface area (Å²) in [6, 6.07) is 10.5. The van der Waals surface area contributed by atoms with Crippen LogP contribution >= 0.6 is 11.3 Å². The molecule has 0 aliphatic heterocycles. The Morgan fingerprint density at radius 1 is 1.22 bits per heavy atom. The zero-order valence-corrected chi connectivity index (χ0v) is 12.1. The summed E-state index contributed by atoms with van der Waals surface area (Å²) in [5, 5.41) is 1.16. The first-order chi connectivity index (χ1) is 8.50. The molecule has 3 heteroatoms. The molecule has 0 saturated heterocycles. The normalized spacial score (nSPS) is 11.8. The van der Waals surface area contributed by atoms with Gasteiger partial charge in [0.05, 0.1) is 10.7 Å². The van der Waals surface area contributed by atoms with Gasteiger partial charge in [-0.1, -0.05) is 37.3 Å². The molecule has 0 radical (unpaired) electrons. The van der Waals surface area contributed by atoms with Crippen LogP contribution in [0, 0.1) is 0 Å². The van der Waals surface area contributed by atoms with Crippen LogP contribution in [0.15, 0.2) is 30.3 Å². The minimum Gasteiger partial charge on any atom is -0.321 e. The molecule has 2 N–H and O–H groups in total. The second kappa shape index (κ2) is 5.21. The van der Waals surface area contributed by atoms with Crippen molar-refractivity contribution in [1.82, 2.24) is 4.98 Å². The molecule has 2 rings (SSSR count). The van der Waals surface area contributed by atoms with Gasteiger partial charge in [0.1, 0.15) is 0 Å². The molecule has 0 aliphatic rings. The second-order valence-electron chi connectivity index (χ2n) is 5.12. The topological polar surface area (TPSA) is 38.9 Å². The molecule has 0 saturated carbocycles. The molecule has 0 amide bonds. The molecular formula is C15H20N2S. The lowest BCUT2D eigenvalue weighted by atomic mass is 10.0. The van der Waals surface area contributed by atoms with Gasteiger partial charge in [-0.2, -0.15) is 0 Å². The number of hydrogen-bond donors (Lipinski definition) is 1. The number of nitrogens with two attached hydrogens (primary N) is 1. The van der Waals surface area contributed by atoms with E-state index < -0.39 is 0 Å². The van der Waals surface area contributed by atoms with Crippen LogP contribution in [0.5, 0.6) is 0 Å². The average Bonchev–Trinajstić information content (AvgIpc) is 2.73. The number of aromatic nitrogens is 1. The van der Waals surface area contributed by atoms with Gasteiger partial charge in [0, 0.05) is 16.8 Å². The number of aryl methyl sites for hydroxylation is 1. The van der Waals surface area contributed by atoms with E-state index in [9.17, 15) is 0 Å². The third-order valence-electron chi connectivity index (χ3n) is 2.86. The maximum absolute atomic E-state index is 6.21. The molecule has 1 aromatic heterocycles. The Labute approximate surface area is 113 Å². The molecule has 2 aromatic rings. The monoisotopic (exact) mass is 260 g/mol. The number of hydrogen-bond acceptors (Lipinski definition) is 3. The summed E-state index contributed by atoms with van der Waals surface area (Å²) >= 11 is 1.75. The van der Waals surface area contributed by atoms with E-state index in [1.807, 2.05) is 19.9 Å². The Morgan fingerprint density at radius 2 is 1.89 bits per heavy atom. The van der Waals surface area contributed by atoms with Gasteiger partial charge in [-0.25, -0.2) is 4.98 Å². The van der Waals surface area contributed by atoms with Gasteiger partial charge in [0.15, 0.2) is 0 Å². The fraction of sp³-hybridized carbons (Fsp3) is 0.400. The molecule has 0 unspecified atom stereocenters. The van der Waals surface area contributed by atoms with Crippen LogP contribution in [0.1, 0.15) is 41.9 Å². The molecule has 0 aliphatic carbocycles. The lowest BCUT2D eigenvalue weighted by Gasteiger charge is -2.17. The minimum absolute atomic E-state index is 0.294. The summed E-state index contributed by atoms with van der Waals surface area (Å²) in [7, 11) is 0. The fourth-order valence-electron chi connectivity index (χ4n) is 1.99. The smallest absolute Gasteiger partial charge is 0.0975 e. The van der Waals surface area contributed by atoms with Crippen LogP contribution in [-0.2, 0) is 18.4 Å². The Kier molecular flexibility index (Phi) is 3.83. The summed E-state index contributed by atoms with van der Waals surface area (Å²) in [6.07, 6.45) is 1.84. The summed E-state index contributed by atoms with van der Waals surface area (Å²) in [5.74, 6) is 0. The highest BCUT2D eigenvalue weighted by molar-refractivity contribution is 7.11. The molecule has 0 bridgehead atoms. The summed E-state index contributed by atoms with van der Waals surface area (Å²) < 4.78 is 0. The Morgan fingerprint density at radius 3 is 2.39 bits per heavy atom. The van der Waals surface area contributed by atoms with E-state index in [1.54, 1.807) is 11.3 Å². The average molecular weight is 260 g/mol. The van der Waals surface area contributed by atoms with Crippen molar-refractivity contribution in [2.24, 2.45) is 5.73 Å². The fourth-order valence-corrected chi connectivity index (χ4v) is 3.19. The highest BCUT2D eigenvalue weighted by atomic mass is 32.1. The molecule has 0 atom stereocenters. The predicted molar refractivity (Wildman–Crippen MR) is 78.0 cm³/mol. The summed E-state index contributed by atoms with van der Waals surface area (Å²) in [5.41, 5.74) is 8.37. The van der Waals surface area contributed by atoms with Gasteiger partial charge in [0.25, 0.3) is 0 Å². The van der Waals surface area contributed by atoms with Crippen LogP contribution in [0.25, 0.3) is 0 Å². The SMILES string of the molecule is CCc1nc(Cc2ccccc2)sc1C(C)(C)N. The summed E-state index contributed by atoms with van der Waals surface area (Å²) in [6.45, 7) is 6.23. The Bertz CT molecular complexity index is 509. The number of rotatable bonds is 4. The first kappa shape index (κ1) is 13.2. The van der Waals surface area contributed by atoms with Crippen molar-refractivity contribution in [3.8, 4) is 0 Å². The van der Waals surface area contributed by atoms with Crippen molar-refractivity contribution in [2.75, 3.05) is 0 Å². The van der Waals surface area contributed by atoms with Crippen LogP contribution in [0.3, 0.4) is 0 Å². The van der Waals surface area contributed by atoms with Gasteiger partial charge >= 0.3 is 0 Å². The van der Waals surface area contributed by atoms with Crippen molar-refractivity contribution < 1.29 is 0 Å². The highest BCUT2D eigenvalue weighted by Crippen LogP contribution is 2.29. The maximum Gasteiger partial charge on any atom is 0.0975 e. The molecule has 96 valence electrons. The third-order valence-corrected chi connectivity index (χ3v) is 4.30. The second-order valence-corrected chi connectivity index (χ2v) is 6.20. The van der Waals surface area contributed by atoms with Gasteiger partial charge in [-0.05, 0) is 25.8 Å². The van der Waals surface area contributed by atoms with Gasteiger partial charge < -0.3 is 5.73 Å². The van der Waals surface area contributed by atoms with E-state index in [-0.39, 0.29) is 5.54 Å². The van der Waals surface area contributed by atoms with Crippen LogP contribution in [0.4, 0.5) is 0 Å². The van der Waals surface area contributed by atoms with E-state index in [0.717, 1.165) is 23.5 Å². The van der Waals surface area contributed by atoms with E-state index in [4.69, 9.17) is 10.7 Å². The first-order valence-corrected chi connectivity index (χ1v) is 7.14. The number of thiazole rings is 1. The van der Waals surface area contributed by atoms with Gasteiger partial charge in [0.2, 0.25) is 0 Å². The third kappa shape index (κ3) is 2.98. The zero-order chi connectivity index (χ0) is 13.2. The van der Waals surface area contributed by atoms with Crippen molar-refractivity contribution in [3.63, 3.8) is 0 Å². The molecule has 1 aromatic carbocycles. The zero-order valence-electron chi connectivity index (χ0n) is 11.2. The number of nitrogens with zero attached hydrogens (tertiary/aromatic N) is 1. The molecular weight excluding hydrogens is 240 g/mol. The van der Waals surface area contributed by atoms with E-state index in [1.165, 1.54) is 10.4 Å². The van der Waals surface area contributed by atoms with Crippen LogP contribution in [0.2, 0.25) is 0 Å². The van der Waals surface area contributed by atoms with E-state index in [0.29, 0.717) is 0 Å². The van der Waals surface area contributed by atoms with E-state index >= 15 is 0 Å². The van der Waals surface area contributed by atoms with Crippen molar-refractivity contribution in [3.05, 3.63) is 51.5 Å².